The number of nitrogens with one attached hydrogen (secondary N) is 1. The molecule has 3 N–H and O–H groups in total. The highest BCUT2D eigenvalue weighted by Crippen LogP contribution is 2.39. The number of β-amino-alcohol motifs (C(OH)–C–C–N with tert-alkyl or cyclic N) is 1. The number of carbonyl (C=O) groups is 2. The quantitative estimate of drug-likeness (QED) is 0.433. The fourth-order valence-corrected chi connectivity index (χ4v) is 6.79. The summed E-state index contributed by atoms with van der Waals surface area (Å²) in [6.07, 6.45) is 4.88. The van der Waals surface area contributed by atoms with Gasteiger partial charge in [0.1, 0.15) is 11.5 Å². The summed E-state index contributed by atoms with van der Waals surface area (Å²) in [7, 11) is 0. The van der Waals surface area contributed by atoms with Crippen LogP contribution in [0.5, 0.6) is 5.75 Å². The highest BCUT2D eigenvalue weighted by atomic mass is 32.2. The molecule has 1 saturated heterocycles. The summed E-state index contributed by atoms with van der Waals surface area (Å²) in [4.78, 5) is 29.0. The number of carbonyl (C=O) groups excluding carboxylic acids is 2. The van der Waals surface area contributed by atoms with Gasteiger partial charge in [0.25, 0.3) is 5.91 Å². The van der Waals surface area contributed by atoms with Crippen LogP contribution < -0.4 is 5.32 Å². The van der Waals surface area contributed by atoms with E-state index in [1.165, 1.54) is 25.7 Å². The van der Waals surface area contributed by atoms with Gasteiger partial charge in [0.15, 0.2) is 0 Å². The van der Waals surface area contributed by atoms with E-state index >= 15 is 0 Å². The number of thioether (sulfide) groups is 1. The van der Waals surface area contributed by atoms with Crippen LogP contribution in [0.1, 0.15) is 54.9 Å². The Balaban J connectivity index is 1.50. The lowest BCUT2D eigenvalue weighted by Crippen LogP contribution is -2.56. The van der Waals surface area contributed by atoms with Gasteiger partial charge in [-0.15, -0.1) is 11.8 Å². The minimum atomic E-state index is -0.843. The number of ketones is 1. The fourth-order valence-electron chi connectivity index (χ4n) is 5.76. The number of amides is 1. The molecule has 1 amide bonds. The van der Waals surface area contributed by atoms with Crippen LogP contribution in [0, 0.1) is 18.8 Å². The van der Waals surface area contributed by atoms with Crippen LogP contribution in [0.4, 0.5) is 0 Å². The smallest absolute Gasteiger partial charge is 0.252 e. The van der Waals surface area contributed by atoms with Gasteiger partial charge in [0.2, 0.25) is 0 Å². The van der Waals surface area contributed by atoms with Crippen LogP contribution in [0.3, 0.4) is 0 Å². The van der Waals surface area contributed by atoms with Gasteiger partial charge in [0.05, 0.1) is 18.2 Å². The summed E-state index contributed by atoms with van der Waals surface area (Å²) >= 11 is 1.58. The number of hydrogen-bond acceptors (Lipinski definition) is 6. The van der Waals surface area contributed by atoms with Gasteiger partial charge in [-0.3, -0.25) is 14.5 Å². The van der Waals surface area contributed by atoms with Crippen LogP contribution in [-0.4, -0.2) is 63.8 Å². The zero-order valence-electron chi connectivity index (χ0n) is 21.2. The maximum Gasteiger partial charge on any atom is 0.252 e. The maximum atomic E-state index is 13.2. The van der Waals surface area contributed by atoms with Gasteiger partial charge >= 0.3 is 0 Å². The van der Waals surface area contributed by atoms with Gasteiger partial charge in [-0.1, -0.05) is 43.5 Å². The number of aliphatic hydroxyl groups excluding tert-OH is 1. The molecule has 1 heterocycles. The minimum absolute atomic E-state index is 0.0676. The number of fused-ring (bicyclic) bond motifs is 1. The lowest BCUT2D eigenvalue weighted by atomic mass is 9.72. The molecule has 7 heteroatoms. The van der Waals surface area contributed by atoms with Crippen LogP contribution in [0.25, 0.3) is 0 Å². The SMILES string of the molecule is CC(=O)[C@@H]1CC2CCCCC2CN1CC(O)[C@H](CSc1ccccc1)NC(=O)c1cccc(O)c1C. The molecule has 1 saturated carbocycles. The molecule has 4 rings (SSSR count). The van der Waals surface area contributed by atoms with Crippen molar-refractivity contribution in [3.63, 3.8) is 0 Å². The summed E-state index contributed by atoms with van der Waals surface area (Å²) in [6, 6.07) is 14.1. The molecule has 2 aliphatic rings. The molecule has 194 valence electrons. The maximum absolute atomic E-state index is 13.2. The number of aromatic hydroxyl groups is 1. The predicted molar refractivity (Wildman–Crippen MR) is 143 cm³/mol. The molecular formula is C29H38N2O4S. The number of phenols is 1. The molecule has 3 unspecified atom stereocenters. The number of rotatable bonds is 9. The second-order valence-electron chi connectivity index (χ2n) is 10.3. The Morgan fingerprint density at radius 2 is 1.81 bits per heavy atom. The normalized spacial score (nSPS) is 23.9. The van der Waals surface area contributed by atoms with E-state index < -0.39 is 12.1 Å². The van der Waals surface area contributed by atoms with Gasteiger partial charge < -0.3 is 15.5 Å². The van der Waals surface area contributed by atoms with Crippen molar-refractivity contribution in [3.8, 4) is 5.75 Å². The number of nitrogens with zero attached hydrogens (tertiary/aromatic N) is 1. The van der Waals surface area contributed by atoms with E-state index in [4.69, 9.17) is 0 Å². The number of aliphatic hydroxyl groups is 1. The number of hydrogen-bond donors (Lipinski definition) is 3. The molecule has 0 spiro atoms. The molecule has 0 aromatic heterocycles. The number of phenolic OH excluding ortho intramolecular Hbond substituents is 1. The van der Waals surface area contributed by atoms with Gasteiger partial charge in [-0.25, -0.2) is 0 Å². The monoisotopic (exact) mass is 510 g/mol. The molecule has 1 aliphatic carbocycles. The number of Topliss-reactive ketones (excluding diaryl/α,β-unsaturated/α-hetero) is 1. The lowest BCUT2D eigenvalue weighted by molar-refractivity contribution is -0.126. The Kier molecular flexibility index (Phi) is 9.09. The second kappa shape index (κ2) is 12.3. The van der Waals surface area contributed by atoms with Crippen molar-refractivity contribution in [2.45, 2.75) is 69.0 Å². The minimum Gasteiger partial charge on any atom is -0.508 e. The molecule has 6 nitrogen and oxygen atoms in total. The van der Waals surface area contributed by atoms with Crippen LogP contribution >= 0.6 is 11.8 Å². The Labute approximate surface area is 218 Å². The molecule has 1 aliphatic heterocycles. The molecule has 0 radical (unpaired) electrons. The third-order valence-corrected chi connectivity index (χ3v) is 9.03. The Morgan fingerprint density at radius 3 is 2.53 bits per heavy atom. The highest BCUT2D eigenvalue weighted by Gasteiger charge is 2.40. The largest absolute Gasteiger partial charge is 0.508 e. The summed E-state index contributed by atoms with van der Waals surface area (Å²) in [5.41, 5.74) is 0.900. The van der Waals surface area contributed by atoms with Gasteiger partial charge in [-0.2, -0.15) is 0 Å². The highest BCUT2D eigenvalue weighted by molar-refractivity contribution is 7.99. The van der Waals surface area contributed by atoms with Crippen LogP contribution in [0.2, 0.25) is 0 Å². The Morgan fingerprint density at radius 1 is 1.08 bits per heavy atom. The van der Waals surface area contributed by atoms with E-state index in [2.05, 4.69) is 10.2 Å². The van der Waals surface area contributed by atoms with E-state index in [0.29, 0.717) is 35.3 Å². The standard InChI is InChI=1S/C29H38N2O4S/c1-19-24(13-8-14-27(19)33)29(35)30-25(18-36-23-11-4-3-5-12-23)28(34)17-31-16-22-10-7-6-9-21(22)15-26(31)20(2)32/h3-5,8,11-14,21-22,25-26,28,33-34H,6-7,9-10,15-18H2,1-2H3,(H,30,35)/t21?,22?,25-,26-,28?/m0/s1. The van der Waals surface area contributed by atoms with E-state index in [-0.39, 0.29) is 23.5 Å². The second-order valence-corrected chi connectivity index (χ2v) is 11.4. The third kappa shape index (κ3) is 6.50. The summed E-state index contributed by atoms with van der Waals surface area (Å²) in [6.45, 7) is 4.53. The average molecular weight is 511 g/mol. The van der Waals surface area contributed by atoms with Crippen molar-refractivity contribution >= 4 is 23.5 Å². The van der Waals surface area contributed by atoms with Crippen molar-refractivity contribution in [1.29, 1.82) is 0 Å². The molecule has 5 atom stereocenters. The molecule has 0 bridgehead atoms. The number of benzene rings is 2. The molecule has 2 aromatic rings. The van der Waals surface area contributed by atoms with Gasteiger partial charge in [0, 0.05) is 34.9 Å². The zero-order chi connectivity index (χ0) is 25.7. The first-order chi connectivity index (χ1) is 17.3. The van der Waals surface area contributed by atoms with Crippen LogP contribution in [-0.2, 0) is 4.79 Å². The number of piperidine rings is 1. The number of likely N-dealkylation sites (tertiary alicyclic amines) is 1. The average Bonchev–Trinajstić information content (AvgIpc) is 2.88. The molecule has 2 fully saturated rings. The molecule has 36 heavy (non-hydrogen) atoms. The fraction of sp³-hybridized carbons (Fsp3) is 0.517. The molecule has 2 aromatic carbocycles. The van der Waals surface area contributed by atoms with Crippen molar-refractivity contribution in [1.82, 2.24) is 10.2 Å². The van der Waals surface area contributed by atoms with Gasteiger partial charge in [-0.05, 0) is 62.8 Å². The third-order valence-electron chi connectivity index (χ3n) is 7.90. The summed E-state index contributed by atoms with van der Waals surface area (Å²) in [5.74, 6) is 1.55. The first-order valence-electron chi connectivity index (χ1n) is 13.0. The lowest BCUT2D eigenvalue weighted by Gasteiger charge is -2.46. The van der Waals surface area contributed by atoms with Crippen molar-refractivity contribution in [2.24, 2.45) is 11.8 Å². The summed E-state index contributed by atoms with van der Waals surface area (Å²) in [5, 5.41) is 24.5. The van der Waals surface area contributed by atoms with Crippen molar-refractivity contribution in [3.05, 3.63) is 59.7 Å². The van der Waals surface area contributed by atoms with E-state index in [1.54, 1.807) is 43.8 Å². The Hall–Kier alpha value is -2.35. The molecular weight excluding hydrogens is 472 g/mol. The summed E-state index contributed by atoms with van der Waals surface area (Å²) < 4.78 is 0. The van der Waals surface area contributed by atoms with E-state index in [9.17, 15) is 19.8 Å². The van der Waals surface area contributed by atoms with E-state index in [1.807, 2.05) is 30.3 Å². The zero-order valence-corrected chi connectivity index (χ0v) is 22.0. The predicted octanol–water partition coefficient (Wildman–Crippen LogP) is 4.42. The van der Waals surface area contributed by atoms with Crippen molar-refractivity contribution in [2.75, 3.05) is 18.8 Å². The van der Waals surface area contributed by atoms with Crippen LogP contribution in [0.15, 0.2) is 53.4 Å². The topological polar surface area (TPSA) is 89.9 Å². The van der Waals surface area contributed by atoms with E-state index in [0.717, 1.165) is 17.9 Å². The first kappa shape index (κ1) is 26.7. The first-order valence-corrected chi connectivity index (χ1v) is 14.0. The van der Waals surface area contributed by atoms with Crippen molar-refractivity contribution < 1.29 is 19.8 Å². The Bertz CT molecular complexity index is 1050.